The quantitative estimate of drug-likeness (QED) is 0.755. The number of benzene rings is 1. The van der Waals surface area contributed by atoms with E-state index in [0.717, 1.165) is 0 Å². The summed E-state index contributed by atoms with van der Waals surface area (Å²) in [5, 5.41) is 18.1. The predicted molar refractivity (Wildman–Crippen MR) is 55.7 cm³/mol. The molecule has 0 heterocycles. The van der Waals surface area contributed by atoms with Crippen molar-refractivity contribution in [2.45, 2.75) is 12.7 Å². The average molecular weight is 230 g/mol. The van der Waals surface area contributed by atoms with E-state index in [1.54, 1.807) is 6.07 Å². The van der Waals surface area contributed by atoms with Gasteiger partial charge in [-0.2, -0.15) is 0 Å². The molecule has 0 amide bonds. The van der Waals surface area contributed by atoms with Crippen LogP contribution in [0.3, 0.4) is 0 Å². The van der Waals surface area contributed by atoms with Gasteiger partial charge in [-0.1, -0.05) is 6.07 Å². The summed E-state index contributed by atoms with van der Waals surface area (Å²) in [4.78, 5) is 0. The minimum Gasteiger partial charge on any atom is -0.488 e. The van der Waals surface area contributed by atoms with Crippen molar-refractivity contribution in [1.82, 2.24) is 0 Å². The molecule has 0 saturated carbocycles. The number of halogens is 1. The summed E-state index contributed by atoms with van der Waals surface area (Å²) in [6.07, 6.45) is -0.790. The maximum atomic E-state index is 13.3. The summed E-state index contributed by atoms with van der Waals surface area (Å²) in [7, 11) is 1.46. The molecule has 90 valence electrons. The molecule has 0 aliphatic carbocycles. The lowest BCUT2D eigenvalue weighted by atomic mass is 10.2. The zero-order valence-corrected chi connectivity index (χ0v) is 9.02. The van der Waals surface area contributed by atoms with Gasteiger partial charge in [-0.3, -0.25) is 0 Å². The molecule has 2 N–H and O–H groups in total. The molecule has 1 unspecified atom stereocenters. The molecule has 0 radical (unpaired) electrons. The largest absolute Gasteiger partial charge is 0.488 e. The van der Waals surface area contributed by atoms with Gasteiger partial charge in [0, 0.05) is 7.11 Å². The van der Waals surface area contributed by atoms with Crippen LogP contribution >= 0.6 is 0 Å². The van der Waals surface area contributed by atoms with Gasteiger partial charge in [0.25, 0.3) is 0 Å². The number of hydrogen-bond donors (Lipinski definition) is 2. The Balaban J connectivity index is 2.54. The first-order valence-electron chi connectivity index (χ1n) is 4.86. The van der Waals surface area contributed by atoms with Crippen LogP contribution in [-0.4, -0.2) is 36.6 Å². The maximum absolute atomic E-state index is 13.3. The lowest BCUT2D eigenvalue weighted by molar-refractivity contribution is 0.0316. The van der Waals surface area contributed by atoms with E-state index >= 15 is 0 Å². The molecule has 0 aromatic heterocycles. The fourth-order valence-electron chi connectivity index (χ4n) is 1.19. The number of aliphatic hydroxyl groups is 2. The van der Waals surface area contributed by atoms with Gasteiger partial charge >= 0.3 is 0 Å². The van der Waals surface area contributed by atoms with E-state index in [1.165, 1.54) is 19.2 Å². The topological polar surface area (TPSA) is 58.9 Å². The second kappa shape index (κ2) is 6.42. The molecule has 1 rings (SSSR count). The Kier molecular flexibility index (Phi) is 5.18. The van der Waals surface area contributed by atoms with Crippen LogP contribution in [0.5, 0.6) is 5.75 Å². The number of ether oxygens (including phenoxy) is 2. The van der Waals surface area contributed by atoms with E-state index in [9.17, 15) is 9.50 Å². The molecule has 0 fully saturated rings. The maximum Gasteiger partial charge on any atom is 0.165 e. The first-order valence-corrected chi connectivity index (χ1v) is 4.86. The van der Waals surface area contributed by atoms with Gasteiger partial charge in [-0.05, 0) is 17.7 Å². The van der Waals surface area contributed by atoms with E-state index in [2.05, 4.69) is 0 Å². The van der Waals surface area contributed by atoms with E-state index in [0.29, 0.717) is 5.56 Å². The summed E-state index contributed by atoms with van der Waals surface area (Å²) in [6, 6.07) is 4.17. The fourth-order valence-corrected chi connectivity index (χ4v) is 1.19. The predicted octanol–water partition coefficient (Wildman–Crippen LogP) is 0.704. The normalized spacial score (nSPS) is 12.5. The van der Waals surface area contributed by atoms with Crippen LogP contribution in [0.1, 0.15) is 5.56 Å². The molecule has 1 atom stereocenters. The number of rotatable bonds is 6. The molecule has 1 aromatic rings. The molecule has 0 bridgehead atoms. The minimum atomic E-state index is -0.790. The highest BCUT2D eigenvalue weighted by molar-refractivity contribution is 5.28. The summed E-state index contributed by atoms with van der Waals surface area (Å²) >= 11 is 0. The summed E-state index contributed by atoms with van der Waals surface area (Å²) in [5.74, 6) is -0.511. The highest BCUT2D eigenvalue weighted by atomic mass is 19.1. The van der Waals surface area contributed by atoms with E-state index in [1.807, 2.05) is 0 Å². The number of methoxy groups -OCH3 is 1. The first kappa shape index (κ1) is 12.9. The van der Waals surface area contributed by atoms with Gasteiger partial charge in [0.2, 0.25) is 0 Å². The smallest absolute Gasteiger partial charge is 0.165 e. The van der Waals surface area contributed by atoms with Crippen LogP contribution in [0.15, 0.2) is 18.2 Å². The molecular weight excluding hydrogens is 215 g/mol. The van der Waals surface area contributed by atoms with Crippen LogP contribution < -0.4 is 4.74 Å². The average Bonchev–Trinajstić information content (AvgIpc) is 2.27. The summed E-state index contributed by atoms with van der Waals surface area (Å²) in [6.45, 7) is -0.122. The van der Waals surface area contributed by atoms with Crippen molar-refractivity contribution in [1.29, 1.82) is 0 Å². The Hall–Kier alpha value is -1.17. The van der Waals surface area contributed by atoms with Crippen LogP contribution in [0.25, 0.3) is 0 Å². The van der Waals surface area contributed by atoms with Gasteiger partial charge in [0.1, 0.15) is 12.7 Å². The van der Waals surface area contributed by atoms with Crippen molar-refractivity contribution in [2.75, 3.05) is 20.3 Å². The lowest BCUT2D eigenvalue weighted by Crippen LogP contribution is -2.22. The van der Waals surface area contributed by atoms with Gasteiger partial charge in [-0.15, -0.1) is 0 Å². The van der Waals surface area contributed by atoms with Crippen molar-refractivity contribution in [2.24, 2.45) is 0 Å². The first-order chi connectivity index (χ1) is 7.67. The molecule has 0 saturated heterocycles. The Morgan fingerprint density at radius 1 is 1.38 bits per heavy atom. The van der Waals surface area contributed by atoms with Crippen molar-refractivity contribution in [3.63, 3.8) is 0 Å². The monoisotopic (exact) mass is 230 g/mol. The summed E-state index contributed by atoms with van der Waals surface area (Å²) < 4.78 is 23.1. The minimum absolute atomic E-state index is 0.0385. The Morgan fingerprint density at radius 2 is 2.12 bits per heavy atom. The third-order valence-corrected chi connectivity index (χ3v) is 1.97. The van der Waals surface area contributed by atoms with Gasteiger partial charge in [0.05, 0.1) is 13.2 Å². The molecular formula is C11H15FO4. The highest BCUT2D eigenvalue weighted by Gasteiger charge is 2.08. The molecule has 0 aliphatic heterocycles. The van der Waals surface area contributed by atoms with Crippen molar-refractivity contribution in [3.8, 4) is 5.75 Å². The Morgan fingerprint density at radius 3 is 2.69 bits per heavy atom. The highest BCUT2D eigenvalue weighted by Crippen LogP contribution is 2.18. The number of hydrogen-bond acceptors (Lipinski definition) is 4. The zero-order valence-electron chi connectivity index (χ0n) is 9.02. The van der Waals surface area contributed by atoms with Gasteiger partial charge in [-0.25, -0.2) is 4.39 Å². The second-order valence-electron chi connectivity index (χ2n) is 3.34. The lowest BCUT2D eigenvalue weighted by Gasteiger charge is -2.12. The molecule has 5 heteroatoms. The van der Waals surface area contributed by atoms with Gasteiger partial charge < -0.3 is 19.7 Å². The van der Waals surface area contributed by atoms with E-state index < -0.39 is 11.9 Å². The third-order valence-electron chi connectivity index (χ3n) is 1.97. The number of aliphatic hydroxyl groups excluding tert-OH is 2. The van der Waals surface area contributed by atoms with Crippen LogP contribution in [-0.2, 0) is 11.3 Å². The Bertz CT molecular complexity index is 330. The van der Waals surface area contributed by atoms with E-state index in [4.69, 9.17) is 14.6 Å². The fraction of sp³-hybridized carbons (Fsp3) is 0.455. The van der Waals surface area contributed by atoms with Crippen LogP contribution in [0, 0.1) is 5.82 Å². The van der Waals surface area contributed by atoms with Crippen molar-refractivity contribution >= 4 is 0 Å². The molecule has 4 nitrogen and oxygen atoms in total. The summed E-state index contributed by atoms with van der Waals surface area (Å²) in [5.41, 5.74) is 0.474. The van der Waals surface area contributed by atoms with E-state index in [-0.39, 0.29) is 25.6 Å². The molecule has 1 aromatic carbocycles. The second-order valence-corrected chi connectivity index (χ2v) is 3.34. The SMILES string of the molecule is COCC(O)COc1ccc(CO)cc1F. The zero-order chi connectivity index (χ0) is 12.0. The third kappa shape index (κ3) is 3.77. The van der Waals surface area contributed by atoms with Crippen molar-refractivity contribution in [3.05, 3.63) is 29.6 Å². The molecule has 16 heavy (non-hydrogen) atoms. The molecule has 0 aliphatic rings. The Labute approximate surface area is 93.2 Å². The van der Waals surface area contributed by atoms with Crippen LogP contribution in [0.2, 0.25) is 0 Å². The van der Waals surface area contributed by atoms with Gasteiger partial charge in [0.15, 0.2) is 11.6 Å². The van der Waals surface area contributed by atoms with Crippen LogP contribution in [0.4, 0.5) is 4.39 Å². The van der Waals surface area contributed by atoms with Crippen molar-refractivity contribution < 1.29 is 24.1 Å². The molecule has 0 spiro atoms. The standard InChI is InChI=1S/C11H15FO4/c1-15-6-9(14)7-16-11-3-2-8(5-13)4-10(11)12/h2-4,9,13-14H,5-7H2,1H3.